The molecule has 2 nitrogen and oxygen atoms in total. The van der Waals surface area contributed by atoms with Crippen LogP contribution in [0.4, 0.5) is 0 Å². The Hall–Kier alpha value is -1.31. The lowest BCUT2D eigenvalue weighted by molar-refractivity contribution is -0.133. The molecule has 1 N–H and O–H groups in total. The van der Waals surface area contributed by atoms with Gasteiger partial charge in [-0.15, -0.1) is 0 Å². The molecule has 0 saturated carbocycles. The lowest BCUT2D eigenvalue weighted by Gasteiger charge is -2.28. The van der Waals surface area contributed by atoms with Gasteiger partial charge in [0.25, 0.3) is 0 Å². The third-order valence-electron chi connectivity index (χ3n) is 2.76. The van der Waals surface area contributed by atoms with Crippen molar-refractivity contribution in [1.82, 2.24) is 0 Å². The largest absolute Gasteiger partial charge is 0.478 e. The van der Waals surface area contributed by atoms with E-state index in [2.05, 4.69) is 18.2 Å². The van der Waals surface area contributed by atoms with Crippen molar-refractivity contribution in [2.24, 2.45) is 11.8 Å². The van der Waals surface area contributed by atoms with Gasteiger partial charge in [0.05, 0.1) is 0 Å². The first-order valence-corrected chi connectivity index (χ1v) is 4.55. The van der Waals surface area contributed by atoms with Crippen molar-refractivity contribution in [2.75, 3.05) is 0 Å². The lowest BCUT2D eigenvalue weighted by Crippen LogP contribution is -2.23. The Morgan fingerprint density at radius 1 is 1.38 bits per heavy atom. The number of allylic oxidation sites excluding steroid dienone is 5. The Morgan fingerprint density at radius 3 is 2.92 bits per heavy atom. The molecule has 0 aromatic carbocycles. The van der Waals surface area contributed by atoms with Crippen molar-refractivity contribution in [3.8, 4) is 0 Å². The molecule has 2 rings (SSSR count). The molecule has 0 aromatic heterocycles. The van der Waals surface area contributed by atoms with Crippen LogP contribution >= 0.6 is 0 Å². The summed E-state index contributed by atoms with van der Waals surface area (Å²) >= 11 is 0. The molecule has 2 aliphatic carbocycles. The molecule has 0 spiro atoms. The minimum absolute atomic E-state index is 0.201. The summed E-state index contributed by atoms with van der Waals surface area (Å²) in [5, 5.41) is 8.95. The van der Waals surface area contributed by atoms with E-state index in [4.69, 9.17) is 5.11 Å². The van der Waals surface area contributed by atoms with Gasteiger partial charge in [-0.3, -0.25) is 0 Å². The SMILES string of the molecule is O=C(O)C1=CC=CC2CC=CCC12. The van der Waals surface area contributed by atoms with Crippen LogP contribution < -0.4 is 0 Å². The number of fused-ring (bicyclic) bond motifs is 1. The van der Waals surface area contributed by atoms with Crippen LogP contribution in [0, 0.1) is 11.8 Å². The van der Waals surface area contributed by atoms with E-state index in [-0.39, 0.29) is 5.92 Å². The normalized spacial score (nSPS) is 30.9. The standard InChI is InChI=1S/C11H12O2/c12-11(13)10-7-3-5-8-4-1-2-6-9(8)10/h1-3,5,7-9H,4,6H2,(H,12,13). The molecule has 0 fully saturated rings. The van der Waals surface area contributed by atoms with E-state index in [1.54, 1.807) is 6.08 Å². The van der Waals surface area contributed by atoms with E-state index in [0.29, 0.717) is 11.5 Å². The third kappa shape index (κ3) is 1.44. The third-order valence-corrected chi connectivity index (χ3v) is 2.76. The minimum Gasteiger partial charge on any atom is -0.478 e. The molecule has 2 aliphatic rings. The summed E-state index contributed by atoms with van der Waals surface area (Å²) in [7, 11) is 0. The second-order valence-corrected chi connectivity index (χ2v) is 3.53. The molecule has 0 heterocycles. The molecule has 2 heteroatoms. The summed E-state index contributed by atoms with van der Waals surface area (Å²) in [5.41, 5.74) is 0.567. The van der Waals surface area contributed by atoms with E-state index in [1.807, 2.05) is 6.08 Å². The highest BCUT2D eigenvalue weighted by Gasteiger charge is 2.29. The molecular weight excluding hydrogens is 164 g/mol. The van der Waals surface area contributed by atoms with Gasteiger partial charge < -0.3 is 5.11 Å². The van der Waals surface area contributed by atoms with Gasteiger partial charge in [-0.1, -0.05) is 30.4 Å². The van der Waals surface area contributed by atoms with Crippen LogP contribution in [0.25, 0.3) is 0 Å². The summed E-state index contributed by atoms with van der Waals surface area (Å²) in [6.07, 6.45) is 11.8. The Bertz CT molecular complexity index is 310. The zero-order chi connectivity index (χ0) is 9.26. The van der Waals surface area contributed by atoms with Gasteiger partial charge in [-0.2, -0.15) is 0 Å². The first-order chi connectivity index (χ1) is 6.29. The van der Waals surface area contributed by atoms with Crippen LogP contribution in [-0.4, -0.2) is 11.1 Å². The first kappa shape index (κ1) is 8.30. The fourth-order valence-corrected chi connectivity index (χ4v) is 2.06. The molecule has 13 heavy (non-hydrogen) atoms. The number of rotatable bonds is 1. The smallest absolute Gasteiger partial charge is 0.331 e. The summed E-state index contributed by atoms with van der Waals surface area (Å²) in [5.74, 6) is -0.164. The van der Waals surface area contributed by atoms with E-state index in [1.165, 1.54) is 0 Å². The van der Waals surface area contributed by atoms with Gasteiger partial charge in [0, 0.05) is 11.5 Å². The lowest BCUT2D eigenvalue weighted by atomic mass is 9.76. The monoisotopic (exact) mass is 176 g/mol. The first-order valence-electron chi connectivity index (χ1n) is 4.55. The summed E-state index contributed by atoms with van der Waals surface area (Å²) in [6.45, 7) is 0. The number of carboxylic acids is 1. The summed E-state index contributed by atoms with van der Waals surface area (Å²) < 4.78 is 0. The van der Waals surface area contributed by atoms with Gasteiger partial charge in [0.1, 0.15) is 0 Å². The van der Waals surface area contributed by atoms with Gasteiger partial charge in [-0.05, 0) is 18.8 Å². The van der Waals surface area contributed by atoms with Crippen LogP contribution in [0.3, 0.4) is 0 Å². The van der Waals surface area contributed by atoms with E-state index in [9.17, 15) is 4.79 Å². The Balaban J connectivity index is 2.28. The van der Waals surface area contributed by atoms with Crippen molar-refractivity contribution in [1.29, 1.82) is 0 Å². The maximum atomic E-state index is 10.9. The highest BCUT2D eigenvalue weighted by Crippen LogP contribution is 2.35. The maximum absolute atomic E-state index is 10.9. The number of hydrogen-bond donors (Lipinski definition) is 1. The number of aliphatic carboxylic acids is 1. The van der Waals surface area contributed by atoms with Gasteiger partial charge in [0.15, 0.2) is 0 Å². The fourth-order valence-electron chi connectivity index (χ4n) is 2.06. The van der Waals surface area contributed by atoms with Crippen LogP contribution in [-0.2, 0) is 4.79 Å². The predicted octanol–water partition coefficient (Wildman–Crippen LogP) is 2.15. The van der Waals surface area contributed by atoms with Crippen molar-refractivity contribution in [2.45, 2.75) is 12.8 Å². The van der Waals surface area contributed by atoms with Gasteiger partial charge in [-0.25, -0.2) is 4.79 Å². The maximum Gasteiger partial charge on any atom is 0.331 e. The zero-order valence-electron chi connectivity index (χ0n) is 7.31. The minimum atomic E-state index is -0.769. The molecule has 2 atom stereocenters. The zero-order valence-corrected chi connectivity index (χ0v) is 7.31. The fraction of sp³-hybridized carbons (Fsp3) is 0.364. The second-order valence-electron chi connectivity index (χ2n) is 3.53. The van der Waals surface area contributed by atoms with Crippen LogP contribution in [0.1, 0.15) is 12.8 Å². The van der Waals surface area contributed by atoms with Crippen molar-refractivity contribution in [3.05, 3.63) is 36.0 Å². The van der Waals surface area contributed by atoms with Crippen molar-refractivity contribution < 1.29 is 9.90 Å². The van der Waals surface area contributed by atoms with E-state index >= 15 is 0 Å². The average molecular weight is 176 g/mol. The van der Waals surface area contributed by atoms with Crippen LogP contribution in [0.15, 0.2) is 36.0 Å². The molecule has 0 bridgehead atoms. The van der Waals surface area contributed by atoms with E-state index < -0.39 is 5.97 Å². The molecule has 2 unspecified atom stereocenters. The van der Waals surface area contributed by atoms with Gasteiger partial charge in [0.2, 0.25) is 0 Å². The molecule has 0 radical (unpaired) electrons. The number of carboxylic acid groups (broad SMARTS) is 1. The van der Waals surface area contributed by atoms with Crippen LogP contribution in [0.2, 0.25) is 0 Å². The highest BCUT2D eigenvalue weighted by molar-refractivity contribution is 5.88. The molecule has 0 aliphatic heterocycles. The van der Waals surface area contributed by atoms with Crippen molar-refractivity contribution >= 4 is 5.97 Å². The molecule has 68 valence electrons. The quantitative estimate of drug-likeness (QED) is 0.621. The average Bonchev–Trinajstić information content (AvgIpc) is 2.17. The molecule has 0 amide bonds. The molecular formula is C11H12O2. The highest BCUT2D eigenvalue weighted by atomic mass is 16.4. The second kappa shape index (κ2) is 3.21. The topological polar surface area (TPSA) is 37.3 Å². The van der Waals surface area contributed by atoms with Crippen LogP contribution in [0.5, 0.6) is 0 Å². The molecule has 0 aromatic rings. The Kier molecular flexibility index (Phi) is 2.05. The Morgan fingerprint density at radius 2 is 2.15 bits per heavy atom. The van der Waals surface area contributed by atoms with Gasteiger partial charge >= 0.3 is 5.97 Å². The predicted molar refractivity (Wildman–Crippen MR) is 50.2 cm³/mol. The summed E-state index contributed by atoms with van der Waals surface area (Å²) in [6, 6.07) is 0. The number of hydrogen-bond acceptors (Lipinski definition) is 1. The number of carbonyl (C=O) groups is 1. The Labute approximate surface area is 77.3 Å². The summed E-state index contributed by atoms with van der Waals surface area (Å²) in [4.78, 5) is 10.9. The molecule has 0 saturated heterocycles. The van der Waals surface area contributed by atoms with E-state index in [0.717, 1.165) is 12.8 Å². The van der Waals surface area contributed by atoms with Crippen molar-refractivity contribution in [3.63, 3.8) is 0 Å².